The predicted octanol–water partition coefficient (Wildman–Crippen LogP) is 2.87. The average Bonchev–Trinajstić information content (AvgIpc) is 3.26. The largest absolute Gasteiger partial charge is 0.356 e. The molecule has 0 aromatic heterocycles. The van der Waals surface area contributed by atoms with E-state index >= 15 is 0 Å². The van der Waals surface area contributed by atoms with Gasteiger partial charge in [0.25, 0.3) is 0 Å². The summed E-state index contributed by atoms with van der Waals surface area (Å²) in [7, 11) is 1.77. The molecule has 0 bridgehead atoms. The molecule has 0 amide bonds. The van der Waals surface area contributed by atoms with Crippen LogP contribution >= 0.6 is 24.0 Å². The number of hydrogen-bond donors (Lipinski definition) is 1. The van der Waals surface area contributed by atoms with Crippen molar-refractivity contribution in [1.29, 1.82) is 0 Å². The van der Waals surface area contributed by atoms with Gasteiger partial charge in [-0.15, -0.1) is 24.0 Å². The van der Waals surface area contributed by atoms with E-state index in [0.29, 0.717) is 24.6 Å². The van der Waals surface area contributed by atoms with Crippen LogP contribution in [0.3, 0.4) is 0 Å². The van der Waals surface area contributed by atoms with E-state index in [1.807, 2.05) is 0 Å². The van der Waals surface area contributed by atoms with Gasteiger partial charge in [0.2, 0.25) is 0 Å². The van der Waals surface area contributed by atoms with Crippen molar-refractivity contribution in [3.8, 4) is 0 Å². The number of hydrogen-bond acceptors (Lipinski definition) is 2. The van der Waals surface area contributed by atoms with Gasteiger partial charge in [0, 0.05) is 32.7 Å². The molecule has 1 N–H and O–H groups in total. The summed E-state index contributed by atoms with van der Waals surface area (Å²) < 4.78 is 26.9. The highest BCUT2D eigenvalue weighted by Gasteiger charge is 2.30. The van der Waals surface area contributed by atoms with Crippen molar-refractivity contribution < 1.29 is 8.78 Å². The van der Waals surface area contributed by atoms with Crippen molar-refractivity contribution in [3.05, 3.63) is 35.4 Å². The van der Waals surface area contributed by atoms with Crippen LogP contribution in [0.2, 0.25) is 0 Å². The van der Waals surface area contributed by atoms with Crippen LogP contribution in [-0.4, -0.2) is 61.6 Å². The first-order valence-electron chi connectivity index (χ1n) is 8.81. The lowest BCUT2D eigenvalue weighted by Crippen LogP contribution is -2.43. The topological polar surface area (TPSA) is 30.9 Å². The molecule has 0 spiro atoms. The Balaban J connectivity index is 0.00000225. The molecule has 2 aliphatic heterocycles. The third-order valence-corrected chi connectivity index (χ3v) is 5.04. The van der Waals surface area contributed by atoms with Crippen LogP contribution < -0.4 is 5.32 Å². The molecule has 1 unspecified atom stereocenters. The fourth-order valence-electron chi connectivity index (χ4n) is 3.72. The lowest BCUT2D eigenvalue weighted by atomic mass is 10.1. The summed E-state index contributed by atoms with van der Waals surface area (Å²) >= 11 is 0. The summed E-state index contributed by atoms with van der Waals surface area (Å²) in [6.07, 6.45) is 4.22. The normalized spacial score (nSPS) is 21.5. The molecule has 2 fully saturated rings. The third kappa shape index (κ3) is 5.03. The predicted molar refractivity (Wildman–Crippen MR) is 108 cm³/mol. The van der Waals surface area contributed by atoms with E-state index in [-0.39, 0.29) is 24.0 Å². The number of halogens is 3. The Morgan fingerprint density at radius 1 is 1.24 bits per heavy atom. The molecule has 0 aliphatic carbocycles. The molecule has 2 saturated heterocycles. The van der Waals surface area contributed by atoms with Gasteiger partial charge in [0.1, 0.15) is 0 Å². The van der Waals surface area contributed by atoms with Gasteiger partial charge in [-0.25, -0.2) is 8.78 Å². The first-order chi connectivity index (χ1) is 11.7. The smallest absolute Gasteiger partial charge is 0.193 e. The van der Waals surface area contributed by atoms with Gasteiger partial charge in [-0.2, -0.15) is 0 Å². The minimum Gasteiger partial charge on any atom is -0.356 e. The molecular formula is C18H27F2IN4. The van der Waals surface area contributed by atoms with Crippen molar-refractivity contribution in [1.82, 2.24) is 15.1 Å². The third-order valence-electron chi connectivity index (χ3n) is 5.04. The van der Waals surface area contributed by atoms with Gasteiger partial charge in [-0.05, 0) is 50.4 Å². The number of nitrogens with zero attached hydrogens (tertiary/aromatic N) is 3. The highest BCUT2D eigenvalue weighted by molar-refractivity contribution is 14.0. The van der Waals surface area contributed by atoms with Crippen LogP contribution in [0.25, 0.3) is 0 Å². The van der Waals surface area contributed by atoms with Crippen LogP contribution in [0.1, 0.15) is 24.8 Å². The quantitative estimate of drug-likeness (QED) is 0.423. The number of benzene rings is 1. The highest BCUT2D eigenvalue weighted by Crippen LogP contribution is 2.20. The number of nitrogens with one attached hydrogen (secondary N) is 1. The molecule has 3 rings (SSSR count). The molecule has 1 atom stereocenters. The molecule has 2 aliphatic rings. The first-order valence-corrected chi connectivity index (χ1v) is 8.81. The Hall–Kier alpha value is -0.960. The zero-order valence-electron chi connectivity index (χ0n) is 14.7. The van der Waals surface area contributed by atoms with Crippen molar-refractivity contribution >= 4 is 29.9 Å². The Morgan fingerprint density at radius 3 is 2.72 bits per heavy atom. The van der Waals surface area contributed by atoms with E-state index in [9.17, 15) is 8.78 Å². The zero-order valence-corrected chi connectivity index (χ0v) is 17.0. The molecule has 4 nitrogen and oxygen atoms in total. The molecule has 2 heterocycles. The number of likely N-dealkylation sites (tertiary alicyclic amines) is 2. The van der Waals surface area contributed by atoms with Gasteiger partial charge in [0.05, 0.1) is 0 Å². The molecule has 0 saturated carbocycles. The second kappa shape index (κ2) is 9.66. The Kier molecular flexibility index (Phi) is 7.86. The molecule has 1 aromatic carbocycles. The monoisotopic (exact) mass is 464 g/mol. The van der Waals surface area contributed by atoms with E-state index in [0.717, 1.165) is 25.1 Å². The van der Waals surface area contributed by atoms with E-state index in [1.54, 1.807) is 19.2 Å². The zero-order chi connectivity index (χ0) is 16.9. The van der Waals surface area contributed by atoms with Crippen LogP contribution in [0, 0.1) is 11.6 Å². The summed E-state index contributed by atoms with van der Waals surface area (Å²) in [6.45, 7) is 4.95. The second-order valence-electron chi connectivity index (χ2n) is 6.57. The maximum absolute atomic E-state index is 13.7. The fraction of sp³-hybridized carbons (Fsp3) is 0.611. The lowest BCUT2D eigenvalue weighted by molar-refractivity contribution is 0.249. The van der Waals surface area contributed by atoms with Crippen molar-refractivity contribution in [2.24, 2.45) is 4.99 Å². The fourth-order valence-corrected chi connectivity index (χ4v) is 3.72. The number of guanidine groups is 1. The number of rotatable bonds is 4. The van der Waals surface area contributed by atoms with E-state index in [1.165, 1.54) is 32.4 Å². The molecule has 140 valence electrons. The van der Waals surface area contributed by atoms with Crippen molar-refractivity contribution in [2.45, 2.75) is 31.7 Å². The molecule has 1 aromatic rings. The second-order valence-corrected chi connectivity index (χ2v) is 6.57. The maximum atomic E-state index is 13.7. The van der Waals surface area contributed by atoms with Gasteiger partial charge in [-0.1, -0.05) is 12.1 Å². The van der Waals surface area contributed by atoms with E-state index < -0.39 is 11.6 Å². The van der Waals surface area contributed by atoms with E-state index in [4.69, 9.17) is 0 Å². The van der Waals surface area contributed by atoms with Gasteiger partial charge in [0.15, 0.2) is 17.6 Å². The summed E-state index contributed by atoms with van der Waals surface area (Å²) in [5.74, 6) is -0.678. The lowest BCUT2D eigenvalue weighted by Gasteiger charge is -2.25. The molecule has 25 heavy (non-hydrogen) atoms. The summed E-state index contributed by atoms with van der Waals surface area (Å²) in [6, 6.07) is 4.94. The van der Waals surface area contributed by atoms with Gasteiger partial charge < -0.3 is 10.2 Å². The molecule has 0 radical (unpaired) electrons. The highest BCUT2D eigenvalue weighted by atomic mass is 127. The van der Waals surface area contributed by atoms with E-state index in [2.05, 4.69) is 20.1 Å². The average molecular weight is 464 g/mol. The standard InChI is InChI=1S/C18H26F2N4.HI/c1-21-18(22-9-7-14-5-4-6-16(19)17(14)20)24-12-8-15(13-24)23-10-2-3-11-23;/h4-6,15H,2-3,7-13H2,1H3,(H,21,22);1H. The molecule has 7 heteroatoms. The van der Waals surface area contributed by atoms with Crippen LogP contribution in [0.15, 0.2) is 23.2 Å². The maximum Gasteiger partial charge on any atom is 0.193 e. The Labute approximate surface area is 165 Å². The van der Waals surface area contributed by atoms with Gasteiger partial charge >= 0.3 is 0 Å². The van der Waals surface area contributed by atoms with Crippen molar-refractivity contribution in [2.75, 3.05) is 39.8 Å². The van der Waals surface area contributed by atoms with Crippen LogP contribution in [0.5, 0.6) is 0 Å². The summed E-state index contributed by atoms with van der Waals surface area (Å²) in [4.78, 5) is 9.19. The summed E-state index contributed by atoms with van der Waals surface area (Å²) in [5, 5.41) is 3.29. The molecular weight excluding hydrogens is 437 g/mol. The van der Waals surface area contributed by atoms with Crippen LogP contribution in [-0.2, 0) is 6.42 Å². The Bertz CT molecular complexity index is 590. The minimum absolute atomic E-state index is 0. The van der Waals surface area contributed by atoms with Gasteiger partial charge in [-0.3, -0.25) is 9.89 Å². The first kappa shape index (κ1) is 20.4. The van der Waals surface area contributed by atoms with Crippen molar-refractivity contribution in [3.63, 3.8) is 0 Å². The van der Waals surface area contributed by atoms with Crippen LogP contribution in [0.4, 0.5) is 8.78 Å². The number of aliphatic imine (C=N–C) groups is 1. The minimum atomic E-state index is -0.787. The Morgan fingerprint density at radius 2 is 2.00 bits per heavy atom. The summed E-state index contributed by atoms with van der Waals surface area (Å²) in [5.41, 5.74) is 0.398. The SMILES string of the molecule is CN=C(NCCc1cccc(F)c1F)N1CCC(N2CCCC2)C1.I.